The first-order chi connectivity index (χ1) is 12.1. The van der Waals surface area contributed by atoms with Crippen molar-refractivity contribution in [3.8, 4) is 0 Å². The topological polar surface area (TPSA) is 55.4 Å². The number of alkyl halides is 1. The molecule has 0 aromatic heterocycles. The fourth-order valence-corrected chi connectivity index (χ4v) is 3.71. The molecule has 154 valence electrons. The second kappa shape index (κ2) is 9.40. The number of ether oxygens (including phenoxy) is 6. The molecule has 0 aromatic carbocycles. The lowest BCUT2D eigenvalue weighted by Gasteiger charge is -2.49. The van der Waals surface area contributed by atoms with E-state index in [-0.39, 0.29) is 0 Å². The van der Waals surface area contributed by atoms with E-state index in [0.717, 1.165) is 6.04 Å². The maximum absolute atomic E-state index is 15.1. The van der Waals surface area contributed by atoms with Crippen LogP contribution < -0.4 is 0 Å². The van der Waals surface area contributed by atoms with Crippen molar-refractivity contribution >= 4 is 8.07 Å². The quantitative estimate of drug-likeness (QED) is 0.443. The van der Waals surface area contributed by atoms with Crippen LogP contribution in [0.15, 0.2) is 0 Å². The molecule has 0 bridgehead atoms. The maximum atomic E-state index is 15.1. The molecule has 2 saturated heterocycles. The summed E-state index contributed by atoms with van der Waals surface area (Å²) in [5, 5.41) is 0. The van der Waals surface area contributed by atoms with Gasteiger partial charge in [0.2, 0.25) is 0 Å². The first kappa shape index (κ1) is 22.2. The smallest absolute Gasteiger partial charge is 0.191 e. The summed E-state index contributed by atoms with van der Waals surface area (Å²) < 4.78 is 49.4. The number of rotatable bonds is 9. The van der Waals surface area contributed by atoms with Gasteiger partial charge in [0.25, 0.3) is 0 Å². The normalized spacial score (nSPS) is 34.5. The van der Waals surface area contributed by atoms with Crippen LogP contribution in [0.2, 0.25) is 25.7 Å². The summed E-state index contributed by atoms with van der Waals surface area (Å²) in [6.07, 6.45) is -4.10. The predicted molar refractivity (Wildman–Crippen MR) is 98.8 cm³/mol. The van der Waals surface area contributed by atoms with Crippen LogP contribution in [0.25, 0.3) is 0 Å². The van der Waals surface area contributed by atoms with E-state index in [1.165, 1.54) is 0 Å². The molecule has 6 nitrogen and oxygen atoms in total. The molecule has 26 heavy (non-hydrogen) atoms. The van der Waals surface area contributed by atoms with Crippen molar-refractivity contribution in [1.82, 2.24) is 0 Å². The lowest BCUT2D eigenvalue weighted by atomic mass is 9.98. The highest BCUT2D eigenvalue weighted by Gasteiger charge is 2.52. The van der Waals surface area contributed by atoms with Crippen molar-refractivity contribution < 1.29 is 32.8 Å². The molecule has 2 rings (SSSR count). The third-order valence-corrected chi connectivity index (χ3v) is 6.17. The molecule has 2 fully saturated rings. The number of halogens is 1. The van der Waals surface area contributed by atoms with E-state index in [2.05, 4.69) is 19.6 Å². The van der Waals surface area contributed by atoms with Crippen molar-refractivity contribution in [2.75, 3.05) is 33.0 Å². The van der Waals surface area contributed by atoms with E-state index in [4.69, 9.17) is 28.4 Å². The summed E-state index contributed by atoms with van der Waals surface area (Å²) in [7, 11) is -1.26. The summed E-state index contributed by atoms with van der Waals surface area (Å²) >= 11 is 0. The summed E-state index contributed by atoms with van der Waals surface area (Å²) in [6, 6.07) is 0.948. The van der Waals surface area contributed by atoms with E-state index in [1.807, 2.05) is 20.8 Å². The average Bonchev–Trinajstić information content (AvgIpc) is 2.53. The van der Waals surface area contributed by atoms with Gasteiger partial charge in [-0.05, 0) is 26.8 Å². The molecule has 0 spiro atoms. The Labute approximate surface area is 157 Å². The number of fused-ring (bicyclic) bond motifs is 1. The second-order valence-corrected chi connectivity index (χ2v) is 14.1. The maximum Gasteiger partial charge on any atom is 0.191 e. The van der Waals surface area contributed by atoms with Crippen molar-refractivity contribution in [1.29, 1.82) is 0 Å². The van der Waals surface area contributed by atoms with Gasteiger partial charge in [-0.15, -0.1) is 0 Å². The van der Waals surface area contributed by atoms with Crippen LogP contribution in [0, 0.1) is 0 Å². The lowest BCUT2D eigenvalue weighted by molar-refractivity contribution is -0.379. The third kappa shape index (κ3) is 6.51. The molecule has 0 radical (unpaired) electrons. The van der Waals surface area contributed by atoms with Crippen molar-refractivity contribution in [2.45, 2.75) is 83.0 Å². The average molecular weight is 395 g/mol. The van der Waals surface area contributed by atoms with Crippen molar-refractivity contribution in [3.05, 3.63) is 0 Å². The molecule has 0 aliphatic carbocycles. The van der Waals surface area contributed by atoms with Gasteiger partial charge >= 0.3 is 0 Å². The molecule has 8 heteroatoms. The molecule has 5 atom stereocenters. The van der Waals surface area contributed by atoms with Gasteiger partial charge < -0.3 is 28.4 Å². The van der Waals surface area contributed by atoms with E-state index in [1.54, 1.807) is 0 Å². The van der Waals surface area contributed by atoms with Gasteiger partial charge in [0.05, 0.1) is 19.8 Å². The first-order valence-corrected chi connectivity index (χ1v) is 13.3. The summed E-state index contributed by atoms with van der Waals surface area (Å²) in [5.41, 5.74) is 0. The standard InChI is InChI=1S/C18H35FO6Si/c1-7-20-8-9-21-16-14(19)17(22-10-11-26(4,5)6)24-13-12-23-18(2,3)25-15(13)16/h13-17H,7-12H2,1-6H3/t13-,14?,15+,16-,17-/m1/s1. The lowest BCUT2D eigenvalue weighted by Crippen LogP contribution is -2.64. The van der Waals surface area contributed by atoms with E-state index >= 15 is 4.39 Å². The predicted octanol–water partition coefficient (Wildman–Crippen LogP) is 2.98. The second-order valence-electron chi connectivity index (χ2n) is 8.49. The molecule has 0 aromatic rings. The van der Waals surface area contributed by atoms with Gasteiger partial charge in [-0.25, -0.2) is 4.39 Å². The Bertz CT molecular complexity index is 430. The molecule has 0 saturated carbocycles. The van der Waals surface area contributed by atoms with E-state index in [9.17, 15) is 0 Å². The highest BCUT2D eigenvalue weighted by molar-refractivity contribution is 6.76. The van der Waals surface area contributed by atoms with Crippen LogP contribution in [0.4, 0.5) is 4.39 Å². The van der Waals surface area contributed by atoms with Gasteiger partial charge in [-0.1, -0.05) is 19.6 Å². The van der Waals surface area contributed by atoms with Gasteiger partial charge in [0, 0.05) is 21.3 Å². The third-order valence-electron chi connectivity index (χ3n) is 4.46. The molecular formula is C18H35FO6Si. The fraction of sp³-hybridized carbons (Fsp3) is 1.00. The van der Waals surface area contributed by atoms with Gasteiger partial charge in [0.1, 0.15) is 18.3 Å². The SMILES string of the molecule is CCOCCO[C@@H]1C(F)[C@H](OCC[Si](C)(C)C)O[C@@H]2COC(C)(C)O[C@H]12. The fourth-order valence-electron chi connectivity index (χ4n) is 2.98. The van der Waals surface area contributed by atoms with Crippen LogP contribution in [0.3, 0.4) is 0 Å². The number of hydrogen-bond donors (Lipinski definition) is 0. The van der Waals surface area contributed by atoms with Gasteiger partial charge in [-0.2, -0.15) is 0 Å². The Morgan fingerprint density at radius 1 is 1.12 bits per heavy atom. The van der Waals surface area contributed by atoms with Gasteiger partial charge in [-0.3, -0.25) is 0 Å². The largest absolute Gasteiger partial charge is 0.379 e. The molecule has 2 heterocycles. The van der Waals surface area contributed by atoms with E-state index < -0.39 is 44.6 Å². The van der Waals surface area contributed by atoms with Crippen LogP contribution in [-0.4, -0.2) is 77.7 Å². The highest BCUT2D eigenvalue weighted by atomic mass is 28.3. The van der Waals surface area contributed by atoms with Crippen LogP contribution in [0.1, 0.15) is 20.8 Å². The Hall–Kier alpha value is -0.0931. The zero-order chi connectivity index (χ0) is 19.4. The molecule has 1 unspecified atom stereocenters. The Kier molecular flexibility index (Phi) is 8.03. The minimum Gasteiger partial charge on any atom is -0.379 e. The summed E-state index contributed by atoms with van der Waals surface area (Å²) in [4.78, 5) is 0. The minimum absolute atomic E-state index is 0.300. The van der Waals surface area contributed by atoms with Crippen molar-refractivity contribution in [2.24, 2.45) is 0 Å². The Morgan fingerprint density at radius 3 is 2.50 bits per heavy atom. The molecule has 0 N–H and O–H groups in total. The molecular weight excluding hydrogens is 359 g/mol. The zero-order valence-corrected chi connectivity index (χ0v) is 18.0. The highest BCUT2D eigenvalue weighted by Crippen LogP contribution is 2.35. The minimum atomic E-state index is -1.42. The van der Waals surface area contributed by atoms with Crippen LogP contribution >= 0.6 is 0 Å². The Balaban J connectivity index is 2.00. The van der Waals surface area contributed by atoms with Gasteiger partial charge in [0.15, 0.2) is 18.2 Å². The molecule has 2 aliphatic heterocycles. The molecule has 2 aliphatic rings. The Morgan fingerprint density at radius 2 is 1.85 bits per heavy atom. The zero-order valence-electron chi connectivity index (χ0n) is 17.0. The first-order valence-electron chi connectivity index (χ1n) is 9.55. The summed E-state index contributed by atoms with van der Waals surface area (Å²) in [5.74, 6) is -0.794. The van der Waals surface area contributed by atoms with Crippen LogP contribution in [0.5, 0.6) is 0 Å². The molecule has 0 amide bonds. The number of hydrogen-bond acceptors (Lipinski definition) is 6. The summed E-state index contributed by atoms with van der Waals surface area (Å²) in [6.45, 7) is 14.4. The van der Waals surface area contributed by atoms with Crippen molar-refractivity contribution in [3.63, 3.8) is 0 Å². The van der Waals surface area contributed by atoms with E-state index in [0.29, 0.717) is 33.0 Å². The van der Waals surface area contributed by atoms with Crippen LogP contribution in [-0.2, 0) is 28.4 Å². The monoisotopic (exact) mass is 394 g/mol.